The van der Waals surface area contributed by atoms with Crippen molar-refractivity contribution < 1.29 is 13.2 Å². The highest BCUT2D eigenvalue weighted by Gasteiger charge is 2.17. The number of allylic oxidation sites excluding steroid dienone is 2. The first-order chi connectivity index (χ1) is 10.4. The SMILES string of the molecule is CN(C)S(=O)(=O)c1ccc(CNC(=O)C[C@H]2C=CCC2)cc1. The van der Waals surface area contributed by atoms with Crippen LogP contribution in [0.4, 0.5) is 0 Å². The first kappa shape index (κ1) is 16.7. The zero-order valence-electron chi connectivity index (χ0n) is 13.0. The molecule has 0 spiro atoms. The second kappa shape index (κ2) is 7.07. The Morgan fingerprint density at radius 3 is 2.50 bits per heavy atom. The van der Waals surface area contributed by atoms with Gasteiger partial charge in [0.25, 0.3) is 0 Å². The largest absolute Gasteiger partial charge is 0.352 e. The molecule has 1 aromatic carbocycles. The molecule has 1 amide bonds. The van der Waals surface area contributed by atoms with Gasteiger partial charge in [-0.3, -0.25) is 4.79 Å². The maximum absolute atomic E-state index is 12.0. The molecule has 1 aliphatic carbocycles. The molecule has 0 heterocycles. The van der Waals surface area contributed by atoms with Gasteiger partial charge in [0.1, 0.15) is 0 Å². The van der Waals surface area contributed by atoms with Gasteiger partial charge in [-0.05, 0) is 36.5 Å². The van der Waals surface area contributed by atoms with Crippen LogP contribution in [0.25, 0.3) is 0 Å². The van der Waals surface area contributed by atoms with E-state index in [9.17, 15) is 13.2 Å². The van der Waals surface area contributed by atoms with Crippen LogP contribution in [-0.4, -0.2) is 32.7 Å². The molecule has 22 heavy (non-hydrogen) atoms. The summed E-state index contributed by atoms with van der Waals surface area (Å²) in [7, 11) is -0.400. The smallest absolute Gasteiger partial charge is 0.242 e. The lowest BCUT2D eigenvalue weighted by atomic mass is 10.1. The molecule has 1 aliphatic rings. The molecule has 120 valence electrons. The molecule has 0 bridgehead atoms. The summed E-state index contributed by atoms with van der Waals surface area (Å²) in [4.78, 5) is 12.1. The van der Waals surface area contributed by atoms with Gasteiger partial charge < -0.3 is 5.32 Å². The zero-order chi connectivity index (χ0) is 16.2. The van der Waals surface area contributed by atoms with E-state index >= 15 is 0 Å². The summed E-state index contributed by atoms with van der Waals surface area (Å²) in [6, 6.07) is 6.59. The van der Waals surface area contributed by atoms with E-state index in [1.807, 2.05) is 0 Å². The molecule has 6 heteroatoms. The molecule has 0 saturated heterocycles. The molecular weight excluding hydrogens is 300 g/mol. The number of hydrogen-bond donors (Lipinski definition) is 1. The van der Waals surface area contributed by atoms with Crippen LogP contribution >= 0.6 is 0 Å². The highest BCUT2D eigenvalue weighted by atomic mass is 32.2. The summed E-state index contributed by atoms with van der Waals surface area (Å²) in [5.41, 5.74) is 0.882. The molecule has 0 fully saturated rings. The van der Waals surface area contributed by atoms with Gasteiger partial charge in [0.2, 0.25) is 15.9 Å². The number of hydrogen-bond acceptors (Lipinski definition) is 3. The van der Waals surface area contributed by atoms with E-state index in [1.54, 1.807) is 24.3 Å². The third kappa shape index (κ3) is 4.18. The first-order valence-electron chi connectivity index (χ1n) is 7.34. The van der Waals surface area contributed by atoms with Crippen molar-refractivity contribution in [1.82, 2.24) is 9.62 Å². The number of rotatable bonds is 6. The van der Waals surface area contributed by atoms with Crippen molar-refractivity contribution in [3.63, 3.8) is 0 Å². The molecule has 1 atom stereocenters. The second-order valence-corrected chi connectivity index (χ2v) is 7.83. The third-order valence-electron chi connectivity index (χ3n) is 3.75. The van der Waals surface area contributed by atoms with E-state index in [-0.39, 0.29) is 10.8 Å². The molecule has 0 radical (unpaired) electrons. The van der Waals surface area contributed by atoms with Crippen LogP contribution in [0.1, 0.15) is 24.8 Å². The van der Waals surface area contributed by atoms with E-state index in [2.05, 4.69) is 17.5 Å². The van der Waals surface area contributed by atoms with E-state index in [4.69, 9.17) is 0 Å². The van der Waals surface area contributed by atoms with E-state index in [1.165, 1.54) is 18.4 Å². The Hall–Kier alpha value is -1.66. The summed E-state index contributed by atoms with van der Waals surface area (Å²) >= 11 is 0. The highest BCUT2D eigenvalue weighted by molar-refractivity contribution is 7.89. The molecule has 0 aromatic heterocycles. The predicted octanol–water partition coefficient (Wildman–Crippen LogP) is 1.91. The molecule has 1 N–H and O–H groups in total. The van der Waals surface area contributed by atoms with Crippen LogP contribution in [0.5, 0.6) is 0 Å². The van der Waals surface area contributed by atoms with E-state index < -0.39 is 10.0 Å². The maximum atomic E-state index is 12.0. The lowest BCUT2D eigenvalue weighted by Crippen LogP contribution is -2.24. The van der Waals surface area contributed by atoms with Crippen molar-refractivity contribution >= 4 is 15.9 Å². The van der Waals surface area contributed by atoms with Crippen molar-refractivity contribution in [2.24, 2.45) is 5.92 Å². The van der Waals surface area contributed by atoms with Gasteiger partial charge in [0, 0.05) is 27.1 Å². The van der Waals surface area contributed by atoms with E-state index in [0.717, 1.165) is 18.4 Å². The van der Waals surface area contributed by atoms with Gasteiger partial charge in [-0.1, -0.05) is 24.3 Å². The topological polar surface area (TPSA) is 66.5 Å². The summed E-state index contributed by atoms with van der Waals surface area (Å²) in [6.45, 7) is 0.414. The van der Waals surface area contributed by atoms with Crippen molar-refractivity contribution in [3.8, 4) is 0 Å². The molecule has 2 rings (SSSR count). The van der Waals surface area contributed by atoms with Crippen LogP contribution < -0.4 is 5.32 Å². The fourth-order valence-corrected chi connectivity index (χ4v) is 3.27. The maximum Gasteiger partial charge on any atom is 0.242 e. The Balaban J connectivity index is 1.89. The Morgan fingerprint density at radius 2 is 1.95 bits per heavy atom. The average Bonchev–Trinajstić information content (AvgIpc) is 2.98. The van der Waals surface area contributed by atoms with Gasteiger partial charge in [-0.15, -0.1) is 0 Å². The number of carbonyl (C=O) groups is 1. The van der Waals surface area contributed by atoms with Crippen molar-refractivity contribution in [2.75, 3.05) is 14.1 Å². The first-order valence-corrected chi connectivity index (χ1v) is 8.78. The van der Waals surface area contributed by atoms with Gasteiger partial charge >= 0.3 is 0 Å². The van der Waals surface area contributed by atoms with Crippen molar-refractivity contribution in [2.45, 2.75) is 30.7 Å². The van der Waals surface area contributed by atoms with Crippen LogP contribution in [0.2, 0.25) is 0 Å². The minimum Gasteiger partial charge on any atom is -0.352 e. The van der Waals surface area contributed by atoms with Gasteiger partial charge in [0.15, 0.2) is 0 Å². The lowest BCUT2D eigenvalue weighted by Gasteiger charge is -2.12. The van der Waals surface area contributed by atoms with Gasteiger partial charge in [0.05, 0.1) is 4.90 Å². The fraction of sp³-hybridized carbons (Fsp3) is 0.438. The molecule has 1 aromatic rings. The Kier molecular flexibility index (Phi) is 5.37. The Labute approximate surface area is 132 Å². The number of nitrogens with zero attached hydrogens (tertiary/aromatic N) is 1. The van der Waals surface area contributed by atoms with Crippen LogP contribution in [0.15, 0.2) is 41.3 Å². The van der Waals surface area contributed by atoms with Gasteiger partial charge in [-0.25, -0.2) is 12.7 Å². The van der Waals surface area contributed by atoms with Crippen LogP contribution in [0.3, 0.4) is 0 Å². The Morgan fingerprint density at radius 1 is 1.27 bits per heavy atom. The summed E-state index contributed by atoms with van der Waals surface area (Å²) in [5.74, 6) is 0.383. The van der Waals surface area contributed by atoms with Crippen molar-refractivity contribution in [3.05, 3.63) is 42.0 Å². The summed E-state index contributed by atoms with van der Waals surface area (Å²) in [6.07, 6.45) is 6.83. The van der Waals surface area contributed by atoms with Crippen LogP contribution in [0, 0.1) is 5.92 Å². The summed E-state index contributed by atoms with van der Waals surface area (Å²) < 4.78 is 25.1. The normalized spacial score (nSPS) is 17.9. The minimum atomic E-state index is -3.40. The molecule has 5 nitrogen and oxygen atoms in total. The minimum absolute atomic E-state index is 0.0292. The molecule has 0 unspecified atom stereocenters. The number of amides is 1. The van der Waals surface area contributed by atoms with Gasteiger partial charge in [-0.2, -0.15) is 0 Å². The molecular formula is C16H22N2O3S. The third-order valence-corrected chi connectivity index (χ3v) is 5.58. The number of nitrogens with one attached hydrogen (secondary N) is 1. The van der Waals surface area contributed by atoms with Crippen LogP contribution in [-0.2, 0) is 21.4 Å². The lowest BCUT2D eigenvalue weighted by molar-refractivity contribution is -0.121. The average molecular weight is 322 g/mol. The Bertz CT molecular complexity index is 648. The molecule has 0 saturated carbocycles. The predicted molar refractivity (Wildman–Crippen MR) is 85.6 cm³/mol. The monoisotopic (exact) mass is 322 g/mol. The number of sulfonamides is 1. The zero-order valence-corrected chi connectivity index (χ0v) is 13.8. The highest BCUT2D eigenvalue weighted by Crippen LogP contribution is 2.20. The molecule has 0 aliphatic heterocycles. The number of benzene rings is 1. The second-order valence-electron chi connectivity index (χ2n) is 5.68. The standard InChI is InChI=1S/C16H22N2O3S/c1-18(2)22(20,21)15-9-7-14(8-10-15)12-17-16(19)11-13-5-3-4-6-13/h3,5,7-10,13H,4,6,11-12H2,1-2H3,(H,17,19)/t13-/m0/s1. The number of carbonyl (C=O) groups excluding carboxylic acids is 1. The van der Waals surface area contributed by atoms with E-state index in [0.29, 0.717) is 18.9 Å². The quantitative estimate of drug-likeness (QED) is 0.814. The summed E-state index contributed by atoms with van der Waals surface area (Å²) in [5, 5.41) is 2.87. The van der Waals surface area contributed by atoms with Crippen molar-refractivity contribution in [1.29, 1.82) is 0 Å². The fourth-order valence-electron chi connectivity index (χ4n) is 2.37.